The van der Waals surface area contributed by atoms with Gasteiger partial charge in [-0.1, -0.05) is 5.16 Å². The first-order valence-corrected chi connectivity index (χ1v) is 8.61. The first-order valence-electron chi connectivity index (χ1n) is 8.61. The lowest BCUT2D eigenvalue weighted by atomic mass is 9.60. The predicted octanol–water partition coefficient (Wildman–Crippen LogP) is 2.46. The Kier molecular flexibility index (Phi) is 3.48. The predicted molar refractivity (Wildman–Crippen MR) is 82.6 cm³/mol. The molecule has 1 aromatic rings. The van der Waals surface area contributed by atoms with Crippen LogP contribution in [0.2, 0.25) is 0 Å². The highest BCUT2D eigenvalue weighted by molar-refractivity contribution is 5.94. The van der Waals surface area contributed by atoms with Gasteiger partial charge in [0.15, 0.2) is 0 Å². The Morgan fingerprint density at radius 2 is 1.91 bits per heavy atom. The van der Waals surface area contributed by atoms with Crippen molar-refractivity contribution in [2.45, 2.75) is 51.5 Å². The fraction of sp³-hybridized carbons (Fsp3) is 0.765. The minimum atomic E-state index is 0.0871. The van der Waals surface area contributed by atoms with E-state index in [4.69, 9.17) is 4.52 Å². The molecule has 3 heterocycles. The first-order chi connectivity index (χ1) is 10.7. The summed E-state index contributed by atoms with van der Waals surface area (Å²) in [6.45, 7) is 6.21. The van der Waals surface area contributed by atoms with Gasteiger partial charge in [-0.3, -0.25) is 4.79 Å². The fourth-order valence-corrected chi connectivity index (χ4v) is 4.57. The van der Waals surface area contributed by atoms with E-state index in [-0.39, 0.29) is 5.91 Å². The summed E-state index contributed by atoms with van der Waals surface area (Å²) >= 11 is 0. The number of nitrogens with zero attached hydrogens (tertiary/aromatic N) is 3. The van der Waals surface area contributed by atoms with Crippen molar-refractivity contribution in [3.8, 4) is 0 Å². The molecular weight excluding hydrogens is 278 g/mol. The van der Waals surface area contributed by atoms with Gasteiger partial charge in [0, 0.05) is 19.1 Å². The molecule has 2 aliphatic heterocycles. The summed E-state index contributed by atoms with van der Waals surface area (Å²) < 4.78 is 4.90. The third-order valence-corrected chi connectivity index (χ3v) is 6.09. The smallest absolute Gasteiger partial charge is 0.259 e. The van der Waals surface area contributed by atoms with Gasteiger partial charge in [0.1, 0.15) is 11.8 Å². The largest absolute Gasteiger partial charge is 0.364 e. The topological polar surface area (TPSA) is 49.6 Å². The van der Waals surface area contributed by atoms with E-state index in [9.17, 15) is 4.79 Å². The number of amides is 1. The lowest BCUT2D eigenvalue weighted by Crippen LogP contribution is -2.55. The highest BCUT2D eigenvalue weighted by atomic mass is 16.5. The normalized spacial score (nSPS) is 25.6. The molecule has 0 atom stereocenters. The van der Waals surface area contributed by atoms with Crippen molar-refractivity contribution in [3.05, 3.63) is 17.5 Å². The second-order valence-corrected chi connectivity index (χ2v) is 7.41. The molecule has 5 nitrogen and oxygen atoms in total. The SMILES string of the molecule is Cc1nocc1C(=O)N1CCC2(CC1)CC(N1CCCC1)C2. The Morgan fingerprint density at radius 1 is 1.23 bits per heavy atom. The molecule has 5 heteroatoms. The van der Waals surface area contributed by atoms with Gasteiger partial charge in [-0.2, -0.15) is 0 Å². The summed E-state index contributed by atoms with van der Waals surface area (Å²) in [6.07, 6.45) is 9.26. The summed E-state index contributed by atoms with van der Waals surface area (Å²) in [6, 6.07) is 0.824. The number of likely N-dealkylation sites (tertiary alicyclic amines) is 2. The average Bonchev–Trinajstić information content (AvgIpc) is 3.15. The van der Waals surface area contributed by atoms with Gasteiger partial charge < -0.3 is 14.3 Å². The highest BCUT2D eigenvalue weighted by Gasteiger charge is 2.48. The molecule has 0 N–H and O–H groups in total. The van der Waals surface area contributed by atoms with Crippen LogP contribution in [0.25, 0.3) is 0 Å². The van der Waals surface area contributed by atoms with Crippen LogP contribution in [0.5, 0.6) is 0 Å². The standard InChI is InChI=1S/C17H25N3O2/c1-13-15(12-22-18-13)16(21)20-8-4-17(5-9-20)10-14(11-17)19-6-2-3-7-19/h12,14H,2-11H2,1H3. The van der Waals surface area contributed by atoms with Gasteiger partial charge in [-0.15, -0.1) is 0 Å². The maximum absolute atomic E-state index is 12.5. The molecule has 0 radical (unpaired) electrons. The number of carbonyl (C=O) groups is 1. The Morgan fingerprint density at radius 3 is 2.50 bits per heavy atom. The zero-order valence-corrected chi connectivity index (χ0v) is 13.4. The molecule has 3 fully saturated rings. The fourth-order valence-electron chi connectivity index (χ4n) is 4.57. The van der Waals surface area contributed by atoms with Gasteiger partial charge in [0.05, 0.1) is 5.69 Å². The highest BCUT2D eigenvalue weighted by Crippen LogP contribution is 2.51. The molecule has 120 valence electrons. The summed E-state index contributed by atoms with van der Waals surface area (Å²) in [5.41, 5.74) is 1.84. The number of aryl methyl sites for hydroxylation is 1. The van der Waals surface area contributed by atoms with Crippen LogP contribution in [-0.4, -0.2) is 53.1 Å². The molecule has 1 saturated carbocycles. The Labute approximate surface area is 131 Å². The van der Waals surface area contributed by atoms with E-state index >= 15 is 0 Å². The maximum Gasteiger partial charge on any atom is 0.259 e. The van der Waals surface area contributed by atoms with Crippen LogP contribution in [0.3, 0.4) is 0 Å². The molecule has 1 amide bonds. The van der Waals surface area contributed by atoms with Gasteiger partial charge in [0.2, 0.25) is 0 Å². The Balaban J connectivity index is 1.32. The lowest BCUT2D eigenvalue weighted by molar-refractivity contribution is -0.0312. The van der Waals surface area contributed by atoms with Crippen LogP contribution < -0.4 is 0 Å². The summed E-state index contributed by atoms with van der Waals surface area (Å²) in [4.78, 5) is 17.2. The van der Waals surface area contributed by atoms with E-state index in [2.05, 4.69) is 10.1 Å². The maximum atomic E-state index is 12.5. The zero-order chi connectivity index (χ0) is 15.2. The zero-order valence-electron chi connectivity index (χ0n) is 13.4. The van der Waals surface area contributed by atoms with Crippen molar-refractivity contribution in [1.82, 2.24) is 15.0 Å². The number of hydrogen-bond acceptors (Lipinski definition) is 4. The summed E-state index contributed by atoms with van der Waals surface area (Å²) in [5.74, 6) is 0.0871. The monoisotopic (exact) mass is 303 g/mol. The van der Waals surface area contributed by atoms with Crippen LogP contribution in [0.1, 0.15) is 54.6 Å². The van der Waals surface area contributed by atoms with Crippen molar-refractivity contribution in [2.75, 3.05) is 26.2 Å². The molecule has 3 aliphatic rings. The van der Waals surface area contributed by atoms with Crippen molar-refractivity contribution >= 4 is 5.91 Å². The van der Waals surface area contributed by atoms with Crippen molar-refractivity contribution in [3.63, 3.8) is 0 Å². The number of aromatic nitrogens is 1. The second kappa shape index (κ2) is 5.37. The van der Waals surface area contributed by atoms with Gasteiger partial charge in [-0.25, -0.2) is 0 Å². The number of carbonyl (C=O) groups excluding carboxylic acids is 1. The summed E-state index contributed by atoms with van der Waals surface area (Å²) in [7, 11) is 0. The quantitative estimate of drug-likeness (QED) is 0.842. The molecule has 1 aromatic heterocycles. The minimum absolute atomic E-state index is 0.0871. The van der Waals surface area contributed by atoms with E-state index in [0.29, 0.717) is 16.7 Å². The molecule has 22 heavy (non-hydrogen) atoms. The number of piperidine rings is 1. The van der Waals surface area contributed by atoms with E-state index < -0.39 is 0 Å². The van der Waals surface area contributed by atoms with Crippen molar-refractivity contribution < 1.29 is 9.32 Å². The molecule has 0 aromatic carbocycles. The number of hydrogen-bond donors (Lipinski definition) is 0. The average molecular weight is 303 g/mol. The lowest BCUT2D eigenvalue weighted by Gasteiger charge is -2.54. The van der Waals surface area contributed by atoms with Crippen molar-refractivity contribution in [2.24, 2.45) is 5.41 Å². The molecule has 2 saturated heterocycles. The van der Waals surface area contributed by atoms with Crippen LogP contribution in [-0.2, 0) is 0 Å². The molecule has 4 rings (SSSR count). The van der Waals surface area contributed by atoms with Crippen LogP contribution in [0.15, 0.2) is 10.8 Å². The van der Waals surface area contributed by atoms with Gasteiger partial charge in [-0.05, 0) is 64.0 Å². The molecule has 0 bridgehead atoms. The molecule has 1 spiro atoms. The van der Waals surface area contributed by atoms with E-state index in [1.807, 2.05) is 11.8 Å². The third-order valence-electron chi connectivity index (χ3n) is 6.09. The van der Waals surface area contributed by atoms with Crippen LogP contribution >= 0.6 is 0 Å². The molecule has 0 unspecified atom stereocenters. The van der Waals surface area contributed by atoms with E-state index in [1.165, 1.54) is 45.0 Å². The summed E-state index contributed by atoms with van der Waals surface area (Å²) in [5, 5.41) is 3.81. The van der Waals surface area contributed by atoms with E-state index in [1.54, 1.807) is 0 Å². The first kappa shape index (κ1) is 14.2. The Hall–Kier alpha value is -1.36. The van der Waals surface area contributed by atoms with Crippen molar-refractivity contribution in [1.29, 1.82) is 0 Å². The van der Waals surface area contributed by atoms with Crippen LogP contribution in [0.4, 0.5) is 0 Å². The third kappa shape index (κ3) is 2.35. The molecular formula is C17H25N3O2. The van der Waals surface area contributed by atoms with Gasteiger partial charge >= 0.3 is 0 Å². The molecule has 1 aliphatic carbocycles. The minimum Gasteiger partial charge on any atom is -0.364 e. The van der Waals surface area contributed by atoms with E-state index in [0.717, 1.165) is 32.0 Å². The Bertz CT molecular complexity index is 546. The van der Waals surface area contributed by atoms with Crippen LogP contribution in [0, 0.1) is 12.3 Å². The number of rotatable bonds is 2. The second-order valence-electron chi connectivity index (χ2n) is 7.41. The van der Waals surface area contributed by atoms with Gasteiger partial charge in [0.25, 0.3) is 5.91 Å².